The minimum absolute atomic E-state index is 0.118. The molecule has 29 heavy (non-hydrogen) atoms. The number of carbonyl (C=O) groups is 2. The van der Waals surface area contributed by atoms with Crippen LogP contribution in [0.15, 0.2) is 29.2 Å². The number of rotatable bonds is 6. The van der Waals surface area contributed by atoms with Crippen molar-refractivity contribution in [3.8, 4) is 0 Å². The molecule has 1 aliphatic heterocycles. The van der Waals surface area contributed by atoms with Crippen LogP contribution < -0.4 is 5.32 Å². The van der Waals surface area contributed by atoms with Crippen LogP contribution in [0.1, 0.15) is 62.7 Å². The molecule has 1 saturated carbocycles. The van der Waals surface area contributed by atoms with Crippen molar-refractivity contribution < 1.29 is 22.7 Å². The zero-order valence-electron chi connectivity index (χ0n) is 17.1. The maximum absolute atomic E-state index is 12.6. The average Bonchev–Trinajstić information content (AvgIpc) is 3.25. The number of esters is 1. The van der Waals surface area contributed by atoms with Gasteiger partial charge in [-0.1, -0.05) is 19.8 Å². The van der Waals surface area contributed by atoms with Gasteiger partial charge in [0.25, 0.3) is 5.91 Å². The van der Waals surface area contributed by atoms with E-state index in [0.717, 1.165) is 32.1 Å². The maximum atomic E-state index is 12.6. The van der Waals surface area contributed by atoms with Gasteiger partial charge in [-0.3, -0.25) is 4.79 Å². The molecule has 1 heterocycles. The van der Waals surface area contributed by atoms with Crippen LogP contribution in [0, 0.1) is 5.92 Å². The molecule has 0 spiro atoms. The van der Waals surface area contributed by atoms with E-state index in [1.165, 1.54) is 35.0 Å². The molecule has 1 aromatic carbocycles. The molecule has 0 unspecified atom stereocenters. The summed E-state index contributed by atoms with van der Waals surface area (Å²) >= 11 is 0. The Morgan fingerprint density at radius 2 is 1.69 bits per heavy atom. The summed E-state index contributed by atoms with van der Waals surface area (Å²) in [6.07, 6.45) is 5.13. The molecule has 7 nitrogen and oxygen atoms in total. The van der Waals surface area contributed by atoms with Gasteiger partial charge in [0.15, 0.2) is 6.10 Å². The Bertz CT molecular complexity index is 831. The van der Waals surface area contributed by atoms with E-state index in [1.807, 2.05) is 0 Å². The monoisotopic (exact) mass is 422 g/mol. The molecule has 0 aromatic heterocycles. The van der Waals surface area contributed by atoms with E-state index in [1.54, 1.807) is 6.92 Å². The van der Waals surface area contributed by atoms with Gasteiger partial charge >= 0.3 is 5.97 Å². The maximum Gasteiger partial charge on any atom is 0.338 e. The lowest BCUT2D eigenvalue weighted by molar-refractivity contribution is -0.130. The fourth-order valence-electron chi connectivity index (χ4n) is 3.95. The summed E-state index contributed by atoms with van der Waals surface area (Å²) in [6.45, 7) is 4.72. The fraction of sp³-hybridized carbons (Fsp3) is 0.619. The van der Waals surface area contributed by atoms with Crippen LogP contribution in [0.3, 0.4) is 0 Å². The summed E-state index contributed by atoms with van der Waals surface area (Å²) in [7, 11) is -3.52. The highest BCUT2D eigenvalue weighted by atomic mass is 32.2. The Hall–Kier alpha value is -1.93. The molecule has 1 N–H and O–H groups in total. The van der Waals surface area contributed by atoms with Crippen molar-refractivity contribution in [1.82, 2.24) is 9.62 Å². The van der Waals surface area contributed by atoms with Gasteiger partial charge in [-0.2, -0.15) is 4.31 Å². The van der Waals surface area contributed by atoms with Crippen LogP contribution in [0.25, 0.3) is 0 Å². The molecular formula is C21H30N2O5S. The number of hydrogen-bond acceptors (Lipinski definition) is 5. The zero-order chi connectivity index (χ0) is 21.0. The molecular weight excluding hydrogens is 392 g/mol. The second kappa shape index (κ2) is 9.26. The predicted octanol–water partition coefficient (Wildman–Crippen LogP) is 2.71. The fourth-order valence-corrected chi connectivity index (χ4v) is 5.47. The number of sulfonamides is 1. The van der Waals surface area contributed by atoms with Crippen molar-refractivity contribution in [2.24, 2.45) is 5.92 Å². The van der Waals surface area contributed by atoms with Gasteiger partial charge in [0.1, 0.15) is 0 Å². The van der Waals surface area contributed by atoms with Gasteiger partial charge in [0, 0.05) is 19.1 Å². The van der Waals surface area contributed by atoms with Crippen LogP contribution in [0.2, 0.25) is 0 Å². The number of amides is 1. The van der Waals surface area contributed by atoms with Crippen molar-refractivity contribution in [1.29, 1.82) is 0 Å². The highest BCUT2D eigenvalue weighted by molar-refractivity contribution is 7.89. The van der Waals surface area contributed by atoms with Crippen LogP contribution in [0.4, 0.5) is 0 Å². The molecule has 1 saturated heterocycles. The highest BCUT2D eigenvalue weighted by Crippen LogP contribution is 2.24. The van der Waals surface area contributed by atoms with Crippen LogP contribution in [0.5, 0.6) is 0 Å². The Morgan fingerprint density at radius 1 is 1.07 bits per heavy atom. The predicted molar refractivity (Wildman–Crippen MR) is 109 cm³/mol. The normalized spacial score (nSPS) is 24.1. The lowest BCUT2D eigenvalue weighted by Gasteiger charge is -2.30. The molecule has 0 radical (unpaired) electrons. The smallest absolute Gasteiger partial charge is 0.338 e. The zero-order valence-corrected chi connectivity index (χ0v) is 17.9. The third kappa shape index (κ3) is 5.17. The van der Waals surface area contributed by atoms with Crippen LogP contribution >= 0.6 is 0 Å². The number of carbonyl (C=O) groups excluding carboxylic acids is 2. The van der Waals surface area contributed by atoms with Gasteiger partial charge in [0.05, 0.1) is 10.5 Å². The Balaban J connectivity index is 1.58. The molecule has 1 aromatic rings. The molecule has 8 heteroatoms. The molecule has 2 fully saturated rings. The minimum Gasteiger partial charge on any atom is -0.449 e. The highest BCUT2D eigenvalue weighted by Gasteiger charge is 2.28. The Kier molecular flexibility index (Phi) is 6.95. The van der Waals surface area contributed by atoms with E-state index in [9.17, 15) is 18.0 Å². The van der Waals surface area contributed by atoms with Crippen LogP contribution in [-0.2, 0) is 19.6 Å². The van der Waals surface area contributed by atoms with Crippen molar-refractivity contribution in [3.63, 3.8) is 0 Å². The minimum atomic E-state index is -3.52. The van der Waals surface area contributed by atoms with E-state index in [4.69, 9.17) is 4.74 Å². The largest absolute Gasteiger partial charge is 0.449 e. The molecule has 3 rings (SSSR count). The second-order valence-electron chi connectivity index (χ2n) is 8.06. The van der Waals surface area contributed by atoms with Gasteiger partial charge < -0.3 is 10.1 Å². The Labute approximate surface area is 172 Å². The van der Waals surface area contributed by atoms with Crippen molar-refractivity contribution in [3.05, 3.63) is 29.8 Å². The number of nitrogens with zero attached hydrogens (tertiary/aromatic N) is 1. The first-order chi connectivity index (χ1) is 13.8. The van der Waals surface area contributed by atoms with Gasteiger partial charge in [0.2, 0.25) is 10.0 Å². The average molecular weight is 423 g/mol. The molecule has 1 amide bonds. The summed E-state index contributed by atoms with van der Waals surface area (Å²) in [6, 6.07) is 5.81. The summed E-state index contributed by atoms with van der Waals surface area (Å²) in [5.41, 5.74) is 0.219. The van der Waals surface area contributed by atoms with Gasteiger partial charge in [-0.25, -0.2) is 13.2 Å². The van der Waals surface area contributed by atoms with Crippen molar-refractivity contribution in [2.75, 3.05) is 13.1 Å². The third-order valence-electron chi connectivity index (χ3n) is 5.89. The number of nitrogens with one attached hydrogen (secondary N) is 1. The van der Waals surface area contributed by atoms with Gasteiger partial charge in [-0.05, 0) is 62.8 Å². The molecule has 0 bridgehead atoms. The van der Waals surface area contributed by atoms with E-state index >= 15 is 0 Å². The SMILES string of the molecule is C[C@@H]1CCCC[C@H]1NC(=O)[C@@H](C)OC(=O)c1ccc(S(=O)(=O)N2CCCC2)cc1. The molecule has 160 valence electrons. The molecule has 2 aliphatic rings. The van der Waals surface area contributed by atoms with E-state index < -0.39 is 22.1 Å². The number of ether oxygens (including phenoxy) is 1. The summed E-state index contributed by atoms with van der Waals surface area (Å²) in [5, 5.41) is 2.98. The van der Waals surface area contributed by atoms with E-state index in [-0.39, 0.29) is 22.4 Å². The number of benzene rings is 1. The third-order valence-corrected chi connectivity index (χ3v) is 7.80. The lowest BCUT2D eigenvalue weighted by Crippen LogP contribution is -2.45. The van der Waals surface area contributed by atoms with E-state index in [2.05, 4.69) is 12.2 Å². The van der Waals surface area contributed by atoms with Crippen molar-refractivity contribution >= 4 is 21.9 Å². The lowest BCUT2D eigenvalue weighted by atomic mass is 9.86. The first-order valence-electron chi connectivity index (χ1n) is 10.4. The topological polar surface area (TPSA) is 92.8 Å². The Morgan fingerprint density at radius 3 is 2.31 bits per heavy atom. The summed E-state index contributed by atoms with van der Waals surface area (Å²) in [4.78, 5) is 24.9. The quantitative estimate of drug-likeness (QED) is 0.712. The standard InChI is InChI=1S/C21H30N2O5S/c1-15-7-3-4-8-19(15)22-20(24)16(2)28-21(25)17-9-11-18(12-10-17)29(26,27)23-13-5-6-14-23/h9-12,15-16,19H,3-8,13-14H2,1-2H3,(H,22,24)/t15-,16-,19-/m1/s1. The molecule has 3 atom stereocenters. The van der Waals surface area contributed by atoms with Gasteiger partial charge in [-0.15, -0.1) is 0 Å². The first-order valence-corrected chi connectivity index (χ1v) is 11.8. The second-order valence-corrected chi connectivity index (χ2v) is 10.00. The van der Waals surface area contributed by atoms with Crippen molar-refractivity contribution in [2.45, 2.75) is 69.4 Å². The summed E-state index contributed by atoms with van der Waals surface area (Å²) < 4.78 is 31.9. The molecule has 1 aliphatic carbocycles. The summed E-state index contributed by atoms with van der Waals surface area (Å²) in [5.74, 6) is -0.527. The van der Waals surface area contributed by atoms with Crippen LogP contribution in [-0.4, -0.2) is 49.8 Å². The van der Waals surface area contributed by atoms with E-state index in [0.29, 0.717) is 19.0 Å². The number of hydrogen-bond donors (Lipinski definition) is 1. The first kappa shape index (κ1) is 21.8.